The smallest absolute Gasteiger partial charge is 0.269 e. The molecule has 1 heterocycles. The summed E-state index contributed by atoms with van der Waals surface area (Å²) in [7, 11) is 0. The number of aromatic nitrogens is 1. The van der Waals surface area contributed by atoms with Crippen molar-refractivity contribution < 1.29 is 14.5 Å². The first-order valence-electron chi connectivity index (χ1n) is 8.49. The summed E-state index contributed by atoms with van der Waals surface area (Å²) in [6, 6.07) is 20.1. The van der Waals surface area contributed by atoms with E-state index in [1.54, 1.807) is 24.3 Å². The lowest BCUT2D eigenvalue weighted by Crippen LogP contribution is -2.11. The molecule has 1 aromatic heterocycles. The summed E-state index contributed by atoms with van der Waals surface area (Å²) in [5, 5.41) is 14.6. The predicted octanol–water partition coefficient (Wildman–Crippen LogP) is 5.12. The zero-order chi connectivity index (χ0) is 19.5. The van der Waals surface area contributed by atoms with Crippen molar-refractivity contribution >= 4 is 28.2 Å². The van der Waals surface area contributed by atoms with E-state index in [-0.39, 0.29) is 11.6 Å². The highest BCUT2D eigenvalue weighted by atomic mass is 16.6. The number of non-ortho nitro benzene ring substituents is 1. The van der Waals surface area contributed by atoms with Crippen molar-refractivity contribution in [1.29, 1.82) is 0 Å². The highest BCUT2D eigenvalue weighted by Gasteiger charge is 2.10. The first kappa shape index (κ1) is 17.3. The van der Waals surface area contributed by atoms with Gasteiger partial charge >= 0.3 is 0 Å². The number of nitrogens with one attached hydrogen (secondary N) is 2. The summed E-state index contributed by atoms with van der Waals surface area (Å²) < 4.78 is 5.69. The maximum Gasteiger partial charge on any atom is 0.269 e. The minimum absolute atomic E-state index is 0.0143. The monoisotopic (exact) mass is 373 g/mol. The van der Waals surface area contributed by atoms with Crippen LogP contribution < -0.4 is 10.1 Å². The fraction of sp³-hybridized carbons (Fsp3) is 0. The van der Waals surface area contributed by atoms with Crippen molar-refractivity contribution in [3.63, 3.8) is 0 Å². The molecule has 0 atom stereocenters. The topological polar surface area (TPSA) is 97.3 Å². The summed E-state index contributed by atoms with van der Waals surface area (Å²) in [6.45, 7) is 0. The number of fused-ring (bicyclic) bond motifs is 1. The molecular weight excluding hydrogens is 358 g/mol. The quantitative estimate of drug-likeness (QED) is 0.375. The van der Waals surface area contributed by atoms with Gasteiger partial charge in [0.25, 0.3) is 11.6 Å². The number of H-pyrrole nitrogens is 1. The van der Waals surface area contributed by atoms with Crippen LogP contribution in [0.15, 0.2) is 79.0 Å². The minimum Gasteiger partial charge on any atom is -0.457 e. The number of anilines is 1. The molecule has 28 heavy (non-hydrogen) atoms. The summed E-state index contributed by atoms with van der Waals surface area (Å²) >= 11 is 0. The molecule has 0 saturated heterocycles. The molecule has 3 aromatic carbocycles. The molecule has 0 aliphatic rings. The van der Waals surface area contributed by atoms with Gasteiger partial charge in [-0.15, -0.1) is 0 Å². The maximum atomic E-state index is 12.6. The van der Waals surface area contributed by atoms with Crippen LogP contribution in [0.25, 0.3) is 10.9 Å². The fourth-order valence-electron chi connectivity index (χ4n) is 2.80. The summed E-state index contributed by atoms with van der Waals surface area (Å²) in [6.07, 6.45) is 1.84. The molecule has 7 nitrogen and oxygen atoms in total. The van der Waals surface area contributed by atoms with Gasteiger partial charge in [-0.2, -0.15) is 0 Å². The van der Waals surface area contributed by atoms with Gasteiger partial charge in [0.2, 0.25) is 0 Å². The van der Waals surface area contributed by atoms with Crippen LogP contribution in [0.2, 0.25) is 0 Å². The number of nitro benzene ring substituents is 1. The van der Waals surface area contributed by atoms with Crippen molar-refractivity contribution in [3.05, 3.63) is 94.7 Å². The summed E-state index contributed by atoms with van der Waals surface area (Å²) in [5.41, 5.74) is 2.04. The van der Waals surface area contributed by atoms with Crippen LogP contribution in [-0.2, 0) is 0 Å². The van der Waals surface area contributed by atoms with Crippen LogP contribution in [0.1, 0.15) is 10.4 Å². The number of nitrogens with zero attached hydrogens (tertiary/aromatic N) is 1. The van der Waals surface area contributed by atoms with E-state index in [1.165, 1.54) is 24.3 Å². The van der Waals surface area contributed by atoms with E-state index in [1.807, 2.05) is 30.5 Å². The van der Waals surface area contributed by atoms with Gasteiger partial charge < -0.3 is 15.0 Å². The molecule has 0 radical (unpaired) electrons. The van der Waals surface area contributed by atoms with E-state index in [4.69, 9.17) is 4.74 Å². The Labute approximate surface area is 159 Å². The van der Waals surface area contributed by atoms with E-state index >= 15 is 0 Å². The zero-order valence-corrected chi connectivity index (χ0v) is 14.6. The maximum absolute atomic E-state index is 12.6. The second kappa shape index (κ2) is 7.24. The van der Waals surface area contributed by atoms with Crippen LogP contribution in [0, 0.1) is 10.1 Å². The average molecular weight is 373 g/mol. The third kappa shape index (κ3) is 3.68. The van der Waals surface area contributed by atoms with E-state index in [2.05, 4.69) is 10.3 Å². The number of aromatic amines is 1. The van der Waals surface area contributed by atoms with E-state index in [9.17, 15) is 14.9 Å². The number of amides is 1. The number of hydrogen-bond donors (Lipinski definition) is 2. The Bertz CT molecular complexity index is 1170. The Morgan fingerprint density at radius 2 is 1.79 bits per heavy atom. The van der Waals surface area contributed by atoms with Crippen LogP contribution >= 0.6 is 0 Å². The van der Waals surface area contributed by atoms with Gasteiger partial charge in [0.15, 0.2) is 0 Å². The predicted molar refractivity (Wildman–Crippen MR) is 106 cm³/mol. The molecular formula is C21H15N3O4. The second-order valence-electron chi connectivity index (χ2n) is 6.11. The SMILES string of the molecule is O=C(Nc1ccc2cc[nH]c2c1)c1cccc(Oc2ccc([N+](=O)[O-])cc2)c1. The van der Waals surface area contributed by atoms with Gasteiger partial charge in [0.05, 0.1) is 4.92 Å². The molecule has 0 bridgehead atoms. The molecule has 0 fully saturated rings. The first-order chi connectivity index (χ1) is 13.6. The lowest BCUT2D eigenvalue weighted by Gasteiger charge is -2.09. The number of rotatable bonds is 5. The molecule has 0 aliphatic carbocycles. The number of carbonyl (C=O) groups excluding carboxylic acids is 1. The summed E-state index contributed by atoms with van der Waals surface area (Å²) in [4.78, 5) is 25.9. The van der Waals surface area contributed by atoms with Crippen molar-refractivity contribution in [2.75, 3.05) is 5.32 Å². The van der Waals surface area contributed by atoms with E-state index < -0.39 is 4.92 Å². The highest BCUT2D eigenvalue weighted by Crippen LogP contribution is 2.25. The largest absolute Gasteiger partial charge is 0.457 e. The Morgan fingerprint density at radius 3 is 2.57 bits per heavy atom. The van der Waals surface area contributed by atoms with Crippen molar-refractivity contribution in [1.82, 2.24) is 4.98 Å². The van der Waals surface area contributed by atoms with Crippen LogP contribution in [-0.4, -0.2) is 15.8 Å². The third-order valence-electron chi connectivity index (χ3n) is 4.19. The lowest BCUT2D eigenvalue weighted by atomic mass is 10.2. The van der Waals surface area contributed by atoms with Gasteiger partial charge in [-0.05, 0) is 53.9 Å². The molecule has 138 valence electrons. The number of carbonyl (C=O) groups is 1. The normalized spacial score (nSPS) is 10.6. The van der Waals surface area contributed by atoms with Gasteiger partial charge in [0, 0.05) is 35.1 Å². The number of benzene rings is 3. The summed E-state index contributed by atoms with van der Waals surface area (Å²) in [5.74, 6) is 0.640. The van der Waals surface area contributed by atoms with Gasteiger partial charge in [0.1, 0.15) is 11.5 Å². The minimum atomic E-state index is -0.473. The van der Waals surface area contributed by atoms with Crippen molar-refractivity contribution in [2.45, 2.75) is 0 Å². The Kier molecular flexibility index (Phi) is 4.47. The molecule has 1 amide bonds. The standard InChI is InChI=1S/C21H15N3O4/c25-21(23-16-5-4-14-10-11-22-20(14)13-16)15-2-1-3-19(12-15)28-18-8-6-17(7-9-18)24(26)27/h1-13,22H,(H,23,25). The first-order valence-corrected chi connectivity index (χ1v) is 8.49. The lowest BCUT2D eigenvalue weighted by molar-refractivity contribution is -0.384. The van der Waals surface area contributed by atoms with Crippen LogP contribution in [0.5, 0.6) is 11.5 Å². The fourth-order valence-corrected chi connectivity index (χ4v) is 2.80. The second-order valence-corrected chi connectivity index (χ2v) is 6.11. The third-order valence-corrected chi connectivity index (χ3v) is 4.19. The molecule has 2 N–H and O–H groups in total. The molecule has 4 rings (SSSR count). The van der Waals surface area contributed by atoms with Crippen molar-refractivity contribution in [3.8, 4) is 11.5 Å². The molecule has 0 aliphatic heterocycles. The zero-order valence-electron chi connectivity index (χ0n) is 14.6. The average Bonchev–Trinajstić information content (AvgIpc) is 3.16. The number of nitro groups is 1. The van der Waals surface area contributed by atoms with Crippen LogP contribution in [0.4, 0.5) is 11.4 Å². The van der Waals surface area contributed by atoms with Crippen molar-refractivity contribution in [2.24, 2.45) is 0 Å². The molecule has 4 aromatic rings. The van der Waals surface area contributed by atoms with E-state index in [0.717, 1.165) is 10.9 Å². The Morgan fingerprint density at radius 1 is 0.964 bits per heavy atom. The highest BCUT2D eigenvalue weighted by molar-refractivity contribution is 6.05. The number of hydrogen-bond acceptors (Lipinski definition) is 4. The number of ether oxygens (including phenoxy) is 1. The van der Waals surface area contributed by atoms with Crippen LogP contribution in [0.3, 0.4) is 0 Å². The van der Waals surface area contributed by atoms with Gasteiger partial charge in [-0.3, -0.25) is 14.9 Å². The molecule has 0 saturated carbocycles. The Balaban J connectivity index is 1.49. The van der Waals surface area contributed by atoms with Gasteiger partial charge in [-0.25, -0.2) is 0 Å². The molecule has 0 spiro atoms. The molecule has 0 unspecified atom stereocenters. The van der Waals surface area contributed by atoms with Gasteiger partial charge in [-0.1, -0.05) is 12.1 Å². The Hall–Kier alpha value is -4.13. The molecule has 7 heteroatoms. The van der Waals surface area contributed by atoms with E-state index in [0.29, 0.717) is 22.7 Å².